The van der Waals surface area contributed by atoms with Crippen molar-refractivity contribution in [2.75, 3.05) is 0 Å². The number of furan rings is 1. The molecule has 0 spiro atoms. The lowest BCUT2D eigenvalue weighted by atomic mass is 10.0. The van der Waals surface area contributed by atoms with Crippen LogP contribution in [0.2, 0.25) is 0 Å². The van der Waals surface area contributed by atoms with Crippen LogP contribution in [-0.2, 0) is 0 Å². The summed E-state index contributed by atoms with van der Waals surface area (Å²) in [5.41, 5.74) is 9.77. The van der Waals surface area contributed by atoms with Gasteiger partial charge in [0.25, 0.3) is 0 Å². The van der Waals surface area contributed by atoms with Crippen LogP contribution in [0.1, 0.15) is 0 Å². The maximum atomic E-state index is 6.62. The second-order valence-electron chi connectivity index (χ2n) is 15.6. The van der Waals surface area contributed by atoms with Crippen molar-refractivity contribution in [2.45, 2.75) is 0 Å². The smallest absolute Gasteiger partial charge is 0.166 e. The molecule has 4 heterocycles. The van der Waals surface area contributed by atoms with E-state index in [1.54, 1.807) is 11.3 Å². The molecule has 0 aliphatic rings. The highest BCUT2D eigenvalue weighted by molar-refractivity contribution is 7.25. The maximum absolute atomic E-state index is 6.62. The minimum atomic E-state index is 0.563. The van der Waals surface area contributed by atoms with Crippen LogP contribution in [0.3, 0.4) is 0 Å². The molecule has 6 heteroatoms. The zero-order valence-electron chi connectivity index (χ0n) is 32.6. The Kier molecular flexibility index (Phi) is 7.41. The molecule has 0 radical (unpaired) electrons. The number of fused-ring (bicyclic) bond motifs is 10. The SMILES string of the molecule is c1ccc(-c2ccc(-c3nc(-c4cc5oc6ccccc6c5cc4-n4c5ccccc5c5cc6ccccc6cc54)nc(-c4cccc5sc6ccccc6c45)n3)cc2)cc1. The van der Waals surface area contributed by atoms with E-state index < -0.39 is 0 Å². The van der Waals surface area contributed by atoms with E-state index in [0.717, 1.165) is 71.9 Å². The zero-order chi connectivity index (χ0) is 40.0. The number of hydrogen-bond acceptors (Lipinski definition) is 5. The monoisotopic (exact) mass is 796 g/mol. The number of rotatable bonds is 5. The predicted octanol–water partition coefficient (Wildman–Crippen LogP) is 15.1. The highest BCUT2D eigenvalue weighted by atomic mass is 32.1. The summed E-state index contributed by atoms with van der Waals surface area (Å²) in [7, 11) is 0. The number of para-hydroxylation sites is 2. The molecular weight excluding hydrogens is 765 g/mol. The topological polar surface area (TPSA) is 56.7 Å². The van der Waals surface area contributed by atoms with Crippen LogP contribution in [0.15, 0.2) is 199 Å². The second-order valence-corrected chi connectivity index (χ2v) is 16.6. The van der Waals surface area contributed by atoms with Gasteiger partial charge in [0, 0.05) is 58.4 Å². The van der Waals surface area contributed by atoms with E-state index in [1.807, 2.05) is 18.2 Å². The molecular formula is C55H32N4OS. The fourth-order valence-corrected chi connectivity index (χ4v) is 10.3. The number of thiophene rings is 1. The molecule has 13 aromatic rings. The maximum Gasteiger partial charge on any atom is 0.166 e. The molecule has 0 aliphatic carbocycles. The lowest BCUT2D eigenvalue weighted by Crippen LogP contribution is -2.04. The van der Waals surface area contributed by atoms with Crippen molar-refractivity contribution in [1.82, 2.24) is 19.5 Å². The van der Waals surface area contributed by atoms with Crippen LogP contribution >= 0.6 is 11.3 Å². The van der Waals surface area contributed by atoms with Crippen molar-refractivity contribution in [3.8, 4) is 51.0 Å². The molecule has 61 heavy (non-hydrogen) atoms. The summed E-state index contributed by atoms with van der Waals surface area (Å²) in [6, 6.07) is 68.6. The largest absolute Gasteiger partial charge is 0.456 e. The first-order valence-electron chi connectivity index (χ1n) is 20.4. The van der Waals surface area contributed by atoms with Crippen LogP contribution in [0, 0.1) is 0 Å². The van der Waals surface area contributed by atoms with Crippen molar-refractivity contribution in [3.05, 3.63) is 194 Å². The highest BCUT2D eigenvalue weighted by Gasteiger charge is 2.23. The molecule has 9 aromatic carbocycles. The standard InChI is InChI=1S/C55H32N4OS/c1-2-13-33(14-3-1)34-25-27-35(28-26-34)53-56-54(41-20-12-24-51-52(41)40-19-8-11-23-50(40)61-51)58-55(57-53)44-32-49-43(39-18-7-10-22-48(39)60-49)31-47(44)59-45-21-9-6-17-38(45)42-29-36-15-4-5-16-37(36)30-46(42)59/h1-32H. The summed E-state index contributed by atoms with van der Waals surface area (Å²) in [4.78, 5) is 16.2. The first-order chi connectivity index (χ1) is 30.2. The van der Waals surface area contributed by atoms with Crippen molar-refractivity contribution in [2.24, 2.45) is 0 Å². The molecule has 0 unspecified atom stereocenters. The molecule has 284 valence electrons. The normalized spacial score (nSPS) is 11.9. The average molecular weight is 797 g/mol. The molecule has 0 aliphatic heterocycles. The fourth-order valence-electron chi connectivity index (χ4n) is 9.19. The van der Waals surface area contributed by atoms with E-state index in [-0.39, 0.29) is 0 Å². The van der Waals surface area contributed by atoms with Crippen molar-refractivity contribution in [1.29, 1.82) is 0 Å². The Balaban J connectivity index is 1.13. The quantitative estimate of drug-likeness (QED) is 0.174. The van der Waals surface area contributed by atoms with Crippen molar-refractivity contribution >= 4 is 86.0 Å². The lowest BCUT2D eigenvalue weighted by Gasteiger charge is -2.15. The van der Waals surface area contributed by atoms with Crippen LogP contribution in [-0.4, -0.2) is 19.5 Å². The summed E-state index contributed by atoms with van der Waals surface area (Å²) >= 11 is 1.79. The van der Waals surface area contributed by atoms with E-state index in [0.29, 0.717) is 17.5 Å². The van der Waals surface area contributed by atoms with Gasteiger partial charge in [-0.05, 0) is 70.4 Å². The number of hydrogen-bond donors (Lipinski definition) is 0. The van der Waals surface area contributed by atoms with Gasteiger partial charge < -0.3 is 8.98 Å². The van der Waals surface area contributed by atoms with Gasteiger partial charge in [-0.3, -0.25) is 0 Å². The Morgan fingerprint density at radius 2 is 1.02 bits per heavy atom. The minimum Gasteiger partial charge on any atom is -0.456 e. The third kappa shape index (κ3) is 5.36. The van der Waals surface area contributed by atoms with Crippen LogP contribution < -0.4 is 0 Å². The highest BCUT2D eigenvalue weighted by Crippen LogP contribution is 2.43. The summed E-state index contributed by atoms with van der Waals surface area (Å²) in [6.45, 7) is 0. The number of nitrogens with zero attached hydrogens (tertiary/aromatic N) is 4. The molecule has 0 atom stereocenters. The zero-order valence-corrected chi connectivity index (χ0v) is 33.4. The lowest BCUT2D eigenvalue weighted by molar-refractivity contribution is 0.669. The van der Waals surface area contributed by atoms with Gasteiger partial charge in [-0.15, -0.1) is 11.3 Å². The van der Waals surface area contributed by atoms with Gasteiger partial charge in [0.15, 0.2) is 17.5 Å². The van der Waals surface area contributed by atoms with Gasteiger partial charge in [-0.2, -0.15) is 0 Å². The Morgan fingerprint density at radius 3 is 1.87 bits per heavy atom. The molecule has 0 saturated carbocycles. The number of aromatic nitrogens is 4. The van der Waals surface area contributed by atoms with E-state index in [4.69, 9.17) is 19.4 Å². The van der Waals surface area contributed by atoms with E-state index in [9.17, 15) is 0 Å². The third-order valence-electron chi connectivity index (χ3n) is 12.0. The Bertz CT molecular complexity index is 3880. The molecule has 0 fully saturated rings. The summed E-state index contributed by atoms with van der Waals surface area (Å²) in [6.07, 6.45) is 0. The van der Waals surface area contributed by atoms with Gasteiger partial charge in [0.05, 0.1) is 16.7 Å². The predicted molar refractivity (Wildman–Crippen MR) is 254 cm³/mol. The van der Waals surface area contributed by atoms with Gasteiger partial charge in [0.2, 0.25) is 0 Å². The summed E-state index contributed by atoms with van der Waals surface area (Å²) in [5.74, 6) is 1.78. The summed E-state index contributed by atoms with van der Waals surface area (Å²) < 4.78 is 11.4. The Labute approximate surface area is 353 Å². The molecule has 0 bridgehead atoms. The van der Waals surface area contributed by atoms with Crippen LogP contribution in [0.5, 0.6) is 0 Å². The molecule has 0 N–H and O–H groups in total. The first kappa shape index (κ1) is 34.0. The molecule has 0 amide bonds. The van der Waals surface area contributed by atoms with Crippen LogP contribution in [0.25, 0.3) is 126 Å². The first-order valence-corrected chi connectivity index (χ1v) is 21.2. The van der Waals surface area contributed by atoms with Crippen LogP contribution in [0.4, 0.5) is 0 Å². The average Bonchev–Trinajstić information content (AvgIpc) is 3.99. The molecule has 13 rings (SSSR count). The third-order valence-corrected chi connectivity index (χ3v) is 13.2. The number of benzene rings is 9. The molecule has 5 nitrogen and oxygen atoms in total. The molecule has 4 aromatic heterocycles. The fraction of sp³-hybridized carbons (Fsp3) is 0. The summed E-state index contributed by atoms with van der Waals surface area (Å²) in [5, 5.41) is 9.17. The van der Waals surface area contributed by atoms with E-state index >= 15 is 0 Å². The Hall–Kier alpha value is -7.93. The molecule has 0 saturated heterocycles. The van der Waals surface area contributed by atoms with Gasteiger partial charge in [-0.25, -0.2) is 15.0 Å². The van der Waals surface area contributed by atoms with Gasteiger partial charge in [0.1, 0.15) is 11.2 Å². The van der Waals surface area contributed by atoms with E-state index in [2.05, 4.69) is 180 Å². The Morgan fingerprint density at radius 1 is 0.377 bits per heavy atom. The van der Waals surface area contributed by atoms with Gasteiger partial charge >= 0.3 is 0 Å². The second kappa shape index (κ2) is 13.3. The minimum absolute atomic E-state index is 0.563. The van der Waals surface area contributed by atoms with E-state index in [1.165, 1.54) is 36.3 Å². The van der Waals surface area contributed by atoms with Gasteiger partial charge in [-0.1, -0.05) is 146 Å². The van der Waals surface area contributed by atoms with Crippen molar-refractivity contribution in [3.63, 3.8) is 0 Å². The van der Waals surface area contributed by atoms with Crippen molar-refractivity contribution < 1.29 is 4.42 Å².